The maximum atomic E-state index is 13.0. The lowest BCUT2D eigenvalue weighted by atomic mass is 10.1. The van der Waals surface area contributed by atoms with Crippen molar-refractivity contribution in [1.82, 2.24) is 4.90 Å². The molecule has 0 saturated carbocycles. The maximum Gasteiger partial charge on any atom is 0.415 e. The van der Waals surface area contributed by atoms with Crippen molar-refractivity contribution in [2.75, 3.05) is 26.3 Å². The lowest BCUT2D eigenvalue weighted by Gasteiger charge is -2.24. The fraction of sp³-hybridized carbons (Fsp3) is 0.417. The monoisotopic (exact) mass is 447 g/mol. The van der Waals surface area contributed by atoms with Gasteiger partial charge in [0.1, 0.15) is 23.9 Å². The van der Waals surface area contributed by atoms with Crippen molar-refractivity contribution in [2.45, 2.75) is 33.3 Å². The number of carboxylic acid groups (broad SMARTS) is 1. The van der Waals surface area contributed by atoms with E-state index in [0.717, 1.165) is 5.56 Å². The van der Waals surface area contributed by atoms with Crippen molar-refractivity contribution >= 4 is 12.1 Å². The molecule has 1 atom stereocenters. The van der Waals surface area contributed by atoms with Gasteiger partial charge in [-0.05, 0) is 54.8 Å². The van der Waals surface area contributed by atoms with Crippen LogP contribution in [0.1, 0.15) is 26.3 Å². The summed E-state index contributed by atoms with van der Waals surface area (Å²) in [6.45, 7) is 7.11. The highest BCUT2D eigenvalue weighted by molar-refractivity contribution is 5.72. The molecule has 0 aliphatic carbocycles. The first-order chi connectivity index (χ1) is 15.3. The number of nitrogens with zero attached hydrogens (tertiary/aromatic N) is 1. The number of rotatable bonds is 12. The van der Waals surface area contributed by atoms with Gasteiger partial charge in [-0.1, -0.05) is 26.0 Å². The van der Waals surface area contributed by atoms with E-state index in [1.165, 1.54) is 24.3 Å². The zero-order valence-corrected chi connectivity index (χ0v) is 18.6. The first kappa shape index (κ1) is 25.1. The molecule has 0 aliphatic heterocycles. The molecule has 0 fully saturated rings. The van der Waals surface area contributed by atoms with E-state index in [2.05, 4.69) is 0 Å². The van der Waals surface area contributed by atoms with Crippen LogP contribution in [0.3, 0.4) is 0 Å². The number of carbonyl (C=O) groups is 2. The fourth-order valence-corrected chi connectivity index (χ4v) is 2.99. The van der Waals surface area contributed by atoms with Gasteiger partial charge in [-0.25, -0.2) is 14.0 Å². The molecule has 0 aliphatic rings. The van der Waals surface area contributed by atoms with Gasteiger partial charge in [-0.15, -0.1) is 0 Å². The van der Waals surface area contributed by atoms with Crippen LogP contribution in [0.25, 0.3) is 0 Å². The zero-order chi connectivity index (χ0) is 23.5. The summed E-state index contributed by atoms with van der Waals surface area (Å²) in [5, 5.41) is 9.19. The Morgan fingerprint density at radius 2 is 1.66 bits per heavy atom. The standard InChI is InChI=1S/C24H30FNO6/c1-4-30-22(23(27)28)15-18-5-9-20(10-6-18)31-14-13-26(16-17(2)3)24(29)32-21-11-7-19(25)8-12-21/h5-12,17,22H,4,13-16H2,1-3H3,(H,27,28). The van der Waals surface area contributed by atoms with E-state index in [-0.39, 0.29) is 24.7 Å². The molecule has 32 heavy (non-hydrogen) atoms. The molecule has 0 radical (unpaired) electrons. The molecular formula is C24H30FNO6. The van der Waals surface area contributed by atoms with Crippen molar-refractivity contribution in [3.8, 4) is 11.5 Å². The van der Waals surface area contributed by atoms with Crippen molar-refractivity contribution < 1.29 is 33.3 Å². The Hall–Kier alpha value is -3.13. The van der Waals surface area contributed by atoms with Gasteiger partial charge in [0.2, 0.25) is 0 Å². The minimum Gasteiger partial charge on any atom is -0.492 e. The quantitative estimate of drug-likeness (QED) is 0.519. The van der Waals surface area contributed by atoms with Gasteiger partial charge < -0.3 is 24.2 Å². The molecule has 2 rings (SSSR count). The van der Waals surface area contributed by atoms with Crippen LogP contribution in [0.4, 0.5) is 9.18 Å². The van der Waals surface area contributed by atoms with Gasteiger partial charge in [0.05, 0.1) is 6.54 Å². The minimum absolute atomic E-state index is 0.225. The van der Waals surface area contributed by atoms with Crippen LogP contribution in [0.2, 0.25) is 0 Å². The van der Waals surface area contributed by atoms with Gasteiger partial charge in [-0.2, -0.15) is 0 Å². The molecule has 1 N–H and O–H groups in total. The average Bonchev–Trinajstić information content (AvgIpc) is 2.75. The lowest BCUT2D eigenvalue weighted by molar-refractivity contribution is -0.149. The molecule has 0 aromatic heterocycles. The third-order valence-corrected chi connectivity index (χ3v) is 4.48. The van der Waals surface area contributed by atoms with E-state index in [0.29, 0.717) is 25.4 Å². The maximum absolute atomic E-state index is 13.0. The molecule has 0 saturated heterocycles. The van der Waals surface area contributed by atoms with Crippen LogP contribution in [0.15, 0.2) is 48.5 Å². The van der Waals surface area contributed by atoms with E-state index in [9.17, 15) is 19.1 Å². The number of aliphatic carboxylic acids is 1. The number of halogens is 1. The summed E-state index contributed by atoms with van der Waals surface area (Å²) >= 11 is 0. The average molecular weight is 448 g/mol. The Labute approximate surface area is 187 Å². The molecule has 2 aromatic rings. The first-order valence-electron chi connectivity index (χ1n) is 10.6. The van der Waals surface area contributed by atoms with Crippen LogP contribution in [0.5, 0.6) is 11.5 Å². The van der Waals surface area contributed by atoms with Crippen LogP contribution in [0, 0.1) is 11.7 Å². The van der Waals surface area contributed by atoms with Crippen LogP contribution < -0.4 is 9.47 Å². The number of amides is 1. The summed E-state index contributed by atoms with van der Waals surface area (Å²) < 4.78 is 29.3. The Morgan fingerprint density at radius 3 is 2.22 bits per heavy atom. The van der Waals surface area contributed by atoms with E-state index in [1.54, 1.807) is 36.1 Å². The second-order valence-corrected chi connectivity index (χ2v) is 7.64. The molecule has 1 amide bonds. The van der Waals surface area contributed by atoms with Crippen LogP contribution in [-0.4, -0.2) is 54.5 Å². The molecule has 0 heterocycles. The number of carbonyl (C=O) groups excluding carboxylic acids is 1. The SMILES string of the molecule is CCOC(Cc1ccc(OCCN(CC(C)C)C(=O)Oc2ccc(F)cc2)cc1)C(=O)O. The molecule has 1 unspecified atom stereocenters. The third-order valence-electron chi connectivity index (χ3n) is 4.48. The zero-order valence-electron chi connectivity index (χ0n) is 18.6. The largest absolute Gasteiger partial charge is 0.492 e. The number of carboxylic acids is 1. The molecule has 0 bridgehead atoms. The normalized spacial score (nSPS) is 11.8. The second-order valence-electron chi connectivity index (χ2n) is 7.64. The van der Waals surface area contributed by atoms with Crippen molar-refractivity contribution in [3.63, 3.8) is 0 Å². The molecule has 174 valence electrons. The van der Waals surface area contributed by atoms with Crippen LogP contribution >= 0.6 is 0 Å². The van der Waals surface area contributed by atoms with Crippen molar-refractivity contribution in [1.29, 1.82) is 0 Å². The number of hydrogen-bond acceptors (Lipinski definition) is 5. The summed E-state index contributed by atoms with van der Waals surface area (Å²) in [6.07, 6.45) is -1.15. The van der Waals surface area contributed by atoms with E-state index < -0.39 is 24.0 Å². The predicted molar refractivity (Wildman–Crippen MR) is 118 cm³/mol. The van der Waals surface area contributed by atoms with Crippen molar-refractivity contribution in [2.24, 2.45) is 5.92 Å². The number of hydrogen-bond donors (Lipinski definition) is 1. The number of ether oxygens (including phenoxy) is 3. The van der Waals surface area contributed by atoms with E-state index in [4.69, 9.17) is 14.2 Å². The first-order valence-corrected chi connectivity index (χ1v) is 10.6. The molecule has 7 nitrogen and oxygen atoms in total. The smallest absolute Gasteiger partial charge is 0.415 e. The summed E-state index contributed by atoms with van der Waals surface area (Å²) in [4.78, 5) is 25.3. The lowest BCUT2D eigenvalue weighted by Crippen LogP contribution is -2.39. The van der Waals surface area contributed by atoms with Gasteiger partial charge in [0.25, 0.3) is 0 Å². The Morgan fingerprint density at radius 1 is 1.03 bits per heavy atom. The second kappa shape index (κ2) is 12.7. The van der Waals surface area contributed by atoms with Crippen molar-refractivity contribution in [3.05, 3.63) is 59.9 Å². The Kier molecular flexibility index (Phi) is 9.94. The minimum atomic E-state index is -0.995. The summed E-state index contributed by atoms with van der Waals surface area (Å²) in [5.74, 6) is -0.297. The van der Waals surface area contributed by atoms with Gasteiger partial charge in [0, 0.05) is 19.6 Å². The van der Waals surface area contributed by atoms with Gasteiger partial charge >= 0.3 is 12.1 Å². The third kappa shape index (κ3) is 8.55. The Bertz CT molecular complexity index is 854. The molecule has 8 heteroatoms. The summed E-state index contributed by atoms with van der Waals surface area (Å²) in [5.41, 5.74) is 0.822. The predicted octanol–water partition coefficient (Wildman–Crippen LogP) is 4.39. The summed E-state index contributed by atoms with van der Waals surface area (Å²) in [7, 11) is 0. The highest BCUT2D eigenvalue weighted by Crippen LogP contribution is 2.16. The van der Waals surface area contributed by atoms with E-state index >= 15 is 0 Å². The molecule has 2 aromatic carbocycles. The topological polar surface area (TPSA) is 85.3 Å². The Balaban J connectivity index is 1.89. The fourth-order valence-electron chi connectivity index (χ4n) is 2.99. The van der Waals surface area contributed by atoms with Crippen LogP contribution in [-0.2, 0) is 16.0 Å². The van der Waals surface area contributed by atoms with Gasteiger partial charge in [0.15, 0.2) is 6.10 Å². The summed E-state index contributed by atoms with van der Waals surface area (Å²) in [6, 6.07) is 12.4. The molecular weight excluding hydrogens is 417 g/mol. The highest BCUT2D eigenvalue weighted by atomic mass is 19.1. The number of benzene rings is 2. The van der Waals surface area contributed by atoms with Gasteiger partial charge in [-0.3, -0.25) is 0 Å². The van der Waals surface area contributed by atoms with E-state index in [1.807, 2.05) is 13.8 Å². The molecule has 0 spiro atoms. The highest BCUT2D eigenvalue weighted by Gasteiger charge is 2.19.